The van der Waals surface area contributed by atoms with Crippen molar-refractivity contribution in [3.05, 3.63) is 72.2 Å². The fourth-order valence-corrected chi connectivity index (χ4v) is 4.05. The van der Waals surface area contributed by atoms with Crippen LogP contribution >= 0.6 is 0 Å². The van der Waals surface area contributed by atoms with Gasteiger partial charge in [0.1, 0.15) is 29.3 Å². The zero-order chi connectivity index (χ0) is 26.6. The Morgan fingerprint density at radius 3 is 2.51 bits per heavy atom. The lowest BCUT2D eigenvalue weighted by Crippen LogP contribution is -2.51. The second kappa shape index (κ2) is 10.9. The summed E-state index contributed by atoms with van der Waals surface area (Å²) in [6, 6.07) is 17.0. The molecule has 194 valence electrons. The highest BCUT2D eigenvalue weighted by Crippen LogP contribution is 2.36. The van der Waals surface area contributed by atoms with Crippen LogP contribution in [0.15, 0.2) is 65.1 Å². The smallest absolute Gasteiger partial charge is 0.251 e. The Kier molecular flexibility index (Phi) is 7.61. The van der Waals surface area contributed by atoms with Crippen LogP contribution < -0.4 is 15.0 Å². The maximum Gasteiger partial charge on any atom is 0.251 e. The number of aromatic nitrogens is 3. The molecule has 0 saturated carbocycles. The van der Waals surface area contributed by atoms with Gasteiger partial charge in [-0.05, 0) is 70.5 Å². The standard InChI is InChI=1S/C28H33N5O4/c1-6-28(4,5)29-27(35)26(24-17-16-19(3)37-24)33(22-14-10-11-15-23(22)36-7-2)25(34)18-32-21-13-9-8-12-20(21)30-31-32/h8-17,26H,6-7,18H2,1-5H3,(H,29,35)/t26-/m1/s1. The summed E-state index contributed by atoms with van der Waals surface area (Å²) in [6.45, 7) is 9.81. The van der Waals surface area contributed by atoms with Crippen molar-refractivity contribution in [3.63, 3.8) is 0 Å². The predicted molar refractivity (Wildman–Crippen MR) is 141 cm³/mol. The Labute approximate surface area is 216 Å². The van der Waals surface area contributed by atoms with Gasteiger partial charge >= 0.3 is 0 Å². The highest BCUT2D eigenvalue weighted by atomic mass is 16.5. The number of fused-ring (bicyclic) bond motifs is 1. The average molecular weight is 504 g/mol. The second-order valence-electron chi connectivity index (χ2n) is 9.48. The molecule has 0 saturated heterocycles. The Bertz CT molecular complexity index is 1390. The number of para-hydroxylation sites is 3. The lowest BCUT2D eigenvalue weighted by Gasteiger charge is -2.34. The van der Waals surface area contributed by atoms with E-state index in [0.717, 1.165) is 5.52 Å². The van der Waals surface area contributed by atoms with Gasteiger partial charge in [-0.1, -0.05) is 36.4 Å². The SMILES string of the molecule is CCOc1ccccc1N(C(=O)Cn1nnc2ccccc21)[C@@H](C(=O)NC(C)(C)CC)c1ccc(C)o1. The van der Waals surface area contributed by atoms with Crippen molar-refractivity contribution in [2.75, 3.05) is 11.5 Å². The molecule has 0 aliphatic carbocycles. The van der Waals surface area contributed by atoms with Crippen LogP contribution in [0.4, 0.5) is 5.69 Å². The molecular weight excluding hydrogens is 470 g/mol. The van der Waals surface area contributed by atoms with E-state index in [1.807, 2.05) is 58.0 Å². The molecule has 37 heavy (non-hydrogen) atoms. The Morgan fingerprint density at radius 1 is 1.08 bits per heavy atom. The number of nitrogens with one attached hydrogen (secondary N) is 1. The summed E-state index contributed by atoms with van der Waals surface area (Å²) in [7, 11) is 0. The fourth-order valence-electron chi connectivity index (χ4n) is 4.05. The first kappa shape index (κ1) is 25.9. The van der Waals surface area contributed by atoms with Crippen LogP contribution in [0.3, 0.4) is 0 Å². The Hall–Kier alpha value is -4.14. The number of hydrogen-bond acceptors (Lipinski definition) is 6. The lowest BCUT2D eigenvalue weighted by molar-refractivity contribution is -0.128. The number of anilines is 1. The summed E-state index contributed by atoms with van der Waals surface area (Å²) in [5.74, 6) is 0.744. The van der Waals surface area contributed by atoms with E-state index in [9.17, 15) is 9.59 Å². The summed E-state index contributed by atoms with van der Waals surface area (Å²) < 4.78 is 13.4. The van der Waals surface area contributed by atoms with Crippen LogP contribution in [0.2, 0.25) is 0 Å². The highest BCUT2D eigenvalue weighted by molar-refractivity contribution is 6.02. The van der Waals surface area contributed by atoms with Crippen molar-refractivity contribution >= 4 is 28.5 Å². The van der Waals surface area contributed by atoms with Crippen LogP contribution in [0, 0.1) is 6.92 Å². The molecule has 0 unspecified atom stereocenters. The topological polar surface area (TPSA) is 102 Å². The first-order chi connectivity index (χ1) is 17.7. The van der Waals surface area contributed by atoms with E-state index in [1.54, 1.807) is 37.3 Å². The molecule has 1 N–H and O–H groups in total. The summed E-state index contributed by atoms with van der Waals surface area (Å²) in [6.07, 6.45) is 0.705. The first-order valence-corrected chi connectivity index (χ1v) is 12.4. The van der Waals surface area contributed by atoms with Gasteiger partial charge < -0.3 is 14.5 Å². The van der Waals surface area contributed by atoms with Crippen molar-refractivity contribution in [1.29, 1.82) is 0 Å². The van der Waals surface area contributed by atoms with Gasteiger partial charge in [0.05, 0.1) is 17.8 Å². The van der Waals surface area contributed by atoms with Gasteiger partial charge in [-0.2, -0.15) is 0 Å². The van der Waals surface area contributed by atoms with E-state index in [0.29, 0.717) is 41.5 Å². The van der Waals surface area contributed by atoms with Crippen LogP contribution in [0.1, 0.15) is 51.7 Å². The van der Waals surface area contributed by atoms with Crippen molar-refractivity contribution in [1.82, 2.24) is 20.3 Å². The molecular formula is C28H33N5O4. The zero-order valence-corrected chi connectivity index (χ0v) is 21.9. The number of rotatable bonds is 10. The average Bonchev–Trinajstić information content (AvgIpc) is 3.49. The van der Waals surface area contributed by atoms with E-state index >= 15 is 0 Å². The number of carbonyl (C=O) groups excluding carboxylic acids is 2. The van der Waals surface area contributed by atoms with Crippen molar-refractivity contribution in [3.8, 4) is 5.75 Å². The number of aryl methyl sites for hydroxylation is 1. The zero-order valence-electron chi connectivity index (χ0n) is 21.9. The summed E-state index contributed by atoms with van der Waals surface area (Å²) in [5.41, 5.74) is 1.36. The number of ether oxygens (including phenoxy) is 1. The molecule has 0 fully saturated rings. The van der Waals surface area contributed by atoms with Gasteiger partial charge in [0.25, 0.3) is 5.91 Å². The number of nitrogens with zero attached hydrogens (tertiary/aromatic N) is 4. The molecule has 4 rings (SSSR count). The van der Waals surface area contributed by atoms with Gasteiger partial charge in [-0.25, -0.2) is 4.68 Å². The second-order valence-corrected chi connectivity index (χ2v) is 9.48. The number of benzene rings is 2. The quantitative estimate of drug-likeness (QED) is 0.333. The first-order valence-electron chi connectivity index (χ1n) is 12.4. The largest absolute Gasteiger partial charge is 0.492 e. The molecule has 2 aromatic carbocycles. The lowest BCUT2D eigenvalue weighted by atomic mass is 10.0. The van der Waals surface area contributed by atoms with E-state index < -0.39 is 11.6 Å². The number of amides is 2. The van der Waals surface area contributed by atoms with Crippen LogP contribution in [-0.4, -0.2) is 39.0 Å². The molecule has 2 heterocycles. The molecule has 9 nitrogen and oxygen atoms in total. The third-order valence-electron chi connectivity index (χ3n) is 6.28. The van der Waals surface area contributed by atoms with Crippen molar-refractivity contribution in [2.24, 2.45) is 0 Å². The van der Waals surface area contributed by atoms with Crippen molar-refractivity contribution < 1.29 is 18.7 Å². The third kappa shape index (κ3) is 5.66. The maximum absolute atomic E-state index is 14.1. The van der Waals surface area contributed by atoms with Gasteiger partial charge in [0, 0.05) is 5.54 Å². The van der Waals surface area contributed by atoms with E-state index in [-0.39, 0.29) is 18.4 Å². The molecule has 9 heteroatoms. The molecule has 0 spiro atoms. The molecule has 2 amide bonds. The Morgan fingerprint density at radius 2 is 1.81 bits per heavy atom. The molecule has 1 atom stereocenters. The molecule has 4 aromatic rings. The molecule has 0 bridgehead atoms. The summed E-state index contributed by atoms with van der Waals surface area (Å²) in [5, 5.41) is 11.4. The maximum atomic E-state index is 14.1. The van der Waals surface area contributed by atoms with E-state index in [1.165, 1.54) is 9.58 Å². The highest BCUT2D eigenvalue weighted by Gasteiger charge is 2.38. The minimum Gasteiger partial charge on any atom is -0.492 e. The minimum atomic E-state index is -1.08. The summed E-state index contributed by atoms with van der Waals surface area (Å²) >= 11 is 0. The Balaban J connectivity index is 1.84. The van der Waals surface area contributed by atoms with E-state index in [4.69, 9.17) is 9.15 Å². The van der Waals surface area contributed by atoms with Gasteiger partial charge in [-0.3, -0.25) is 14.5 Å². The van der Waals surface area contributed by atoms with Gasteiger partial charge in [0.2, 0.25) is 5.91 Å². The predicted octanol–water partition coefficient (Wildman–Crippen LogP) is 4.81. The fraction of sp³-hybridized carbons (Fsp3) is 0.357. The molecule has 0 aliphatic heterocycles. The number of carbonyl (C=O) groups is 2. The van der Waals surface area contributed by atoms with Crippen LogP contribution in [0.25, 0.3) is 11.0 Å². The van der Waals surface area contributed by atoms with E-state index in [2.05, 4.69) is 15.6 Å². The summed E-state index contributed by atoms with van der Waals surface area (Å²) in [4.78, 5) is 29.5. The molecule has 2 aromatic heterocycles. The van der Waals surface area contributed by atoms with Gasteiger partial charge in [-0.15, -0.1) is 5.10 Å². The molecule has 0 radical (unpaired) electrons. The van der Waals surface area contributed by atoms with Gasteiger partial charge in [0.15, 0.2) is 6.04 Å². The van der Waals surface area contributed by atoms with Crippen molar-refractivity contribution in [2.45, 2.75) is 59.2 Å². The monoisotopic (exact) mass is 503 g/mol. The van der Waals surface area contributed by atoms with Crippen LogP contribution in [-0.2, 0) is 16.1 Å². The third-order valence-corrected chi connectivity index (χ3v) is 6.28. The minimum absolute atomic E-state index is 0.137. The van der Waals surface area contributed by atoms with Crippen LogP contribution in [0.5, 0.6) is 5.75 Å². The normalized spacial score (nSPS) is 12.4. The molecule has 0 aliphatic rings. The number of hydrogen-bond donors (Lipinski definition) is 1. The number of furan rings is 1.